The van der Waals surface area contributed by atoms with E-state index in [-0.39, 0.29) is 11.3 Å². The van der Waals surface area contributed by atoms with Crippen LogP contribution in [0.15, 0.2) is 36.6 Å². The first-order valence-corrected chi connectivity index (χ1v) is 3.61. The number of hydrogen-bond donors (Lipinski definition) is 2. The molecule has 0 bridgehead atoms. The molecule has 68 valence electrons. The molecule has 0 unspecified atom stereocenters. The number of aliphatic carboxylic acids is 1. The second kappa shape index (κ2) is 7.60. The van der Waals surface area contributed by atoms with Gasteiger partial charge in [-0.25, -0.2) is 4.79 Å². The highest BCUT2D eigenvalue weighted by atomic mass is 16.4. The summed E-state index contributed by atoms with van der Waals surface area (Å²) in [4.78, 5) is 10.3. The first kappa shape index (κ1) is 13.1. The highest BCUT2D eigenvalue weighted by Gasteiger charge is 2.04. The number of carboxylic acids is 1. The van der Waals surface area contributed by atoms with E-state index in [9.17, 15) is 4.79 Å². The second-order valence-corrected chi connectivity index (χ2v) is 1.58. The summed E-state index contributed by atoms with van der Waals surface area (Å²) < 4.78 is 0. The number of carboxylic acid groups (broad SMARTS) is 1. The van der Waals surface area contributed by atoms with Crippen molar-refractivity contribution in [1.29, 1.82) is 0 Å². The van der Waals surface area contributed by atoms with Crippen molar-refractivity contribution in [1.82, 2.24) is 0 Å². The molecule has 0 aromatic heterocycles. The van der Waals surface area contributed by atoms with Crippen molar-refractivity contribution in [2.75, 3.05) is 0 Å². The second-order valence-electron chi connectivity index (χ2n) is 1.58. The third-order valence-electron chi connectivity index (χ3n) is 0.965. The molecule has 0 aliphatic rings. The smallest absolute Gasteiger partial charge is 0.337 e. The van der Waals surface area contributed by atoms with Crippen LogP contribution in [0.3, 0.4) is 0 Å². The Kier molecular flexibility index (Phi) is 8.30. The number of hydrogen-bond acceptors (Lipinski definition) is 2. The summed E-state index contributed by atoms with van der Waals surface area (Å²) in [5.41, 5.74) is 5.35. The molecular formula is C9H15NO2. The van der Waals surface area contributed by atoms with Crippen LogP contribution in [-0.2, 0) is 4.79 Å². The largest absolute Gasteiger partial charge is 0.478 e. The van der Waals surface area contributed by atoms with Crippen molar-refractivity contribution in [2.24, 2.45) is 5.73 Å². The van der Waals surface area contributed by atoms with Crippen LogP contribution in [0.5, 0.6) is 0 Å². The molecule has 0 fully saturated rings. The molecule has 0 radical (unpaired) electrons. The van der Waals surface area contributed by atoms with Gasteiger partial charge in [-0.1, -0.05) is 33.1 Å². The fraction of sp³-hybridized carbons (Fsp3) is 0.222. The van der Waals surface area contributed by atoms with Crippen LogP contribution >= 0.6 is 0 Å². The fourth-order valence-electron chi connectivity index (χ4n) is 0.439. The molecule has 3 nitrogen and oxygen atoms in total. The van der Waals surface area contributed by atoms with Crippen molar-refractivity contribution < 1.29 is 9.90 Å². The highest BCUT2D eigenvalue weighted by Crippen LogP contribution is 2.00. The van der Waals surface area contributed by atoms with Crippen molar-refractivity contribution in [3.8, 4) is 0 Å². The van der Waals surface area contributed by atoms with Crippen molar-refractivity contribution in [3.63, 3.8) is 0 Å². The number of carbonyl (C=O) groups is 1. The third kappa shape index (κ3) is 4.33. The number of rotatable bonds is 3. The van der Waals surface area contributed by atoms with Crippen LogP contribution < -0.4 is 5.73 Å². The van der Waals surface area contributed by atoms with Gasteiger partial charge in [0.15, 0.2) is 0 Å². The SMILES string of the molecule is C=C/C(N)=C(\C=C)C(=O)O.CC. The minimum atomic E-state index is -1.09. The van der Waals surface area contributed by atoms with Crippen LogP contribution in [0.25, 0.3) is 0 Å². The van der Waals surface area contributed by atoms with Gasteiger partial charge in [0.05, 0.1) is 5.57 Å². The average molecular weight is 169 g/mol. The third-order valence-corrected chi connectivity index (χ3v) is 0.965. The topological polar surface area (TPSA) is 63.3 Å². The zero-order valence-electron chi connectivity index (χ0n) is 7.50. The predicted molar refractivity (Wildman–Crippen MR) is 50.6 cm³/mol. The number of nitrogens with two attached hydrogens (primary N) is 1. The Hall–Kier alpha value is -1.51. The maximum absolute atomic E-state index is 10.3. The van der Waals surface area contributed by atoms with Gasteiger partial charge in [0.1, 0.15) is 0 Å². The maximum atomic E-state index is 10.3. The standard InChI is InChI=1S/C7H9NO2.C2H6/c1-3-5(7(9)10)6(8)4-2;1-2/h3-4H,1-2,8H2,(H,9,10);1-2H3/b6-5-;. The quantitative estimate of drug-likeness (QED) is 0.499. The van der Waals surface area contributed by atoms with E-state index in [0.717, 1.165) is 0 Å². The Morgan fingerprint density at radius 2 is 1.75 bits per heavy atom. The summed E-state index contributed by atoms with van der Waals surface area (Å²) in [6.45, 7) is 10.6. The Morgan fingerprint density at radius 3 is 1.83 bits per heavy atom. The molecule has 0 aliphatic carbocycles. The van der Waals surface area contributed by atoms with Crippen molar-refractivity contribution >= 4 is 5.97 Å². The molecule has 0 heterocycles. The Morgan fingerprint density at radius 1 is 1.33 bits per heavy atom. The molecule has 0 amide bonds. The van der Waals surface area contributed by atoms with Gasteiger partial charge in [-0.05, 0) is 6.08 Å². The average Bonchev–Trinajstić information content (AvgIpc) is 2.08. The maximum Gasteiger partial charge on any atom is 0.337 e. The first-order chi connectivity index (χ1) is 5.63. The van der Waals surface area contributed by atoms with Crippen LogP contribution in [0.1, 0.15) is 13.8 Å². The van der Waals surface area contributed by atoms with Crippen LogP contribution in [0.4, 0.5) is 0 Å². The van der Waals surface area contributed by atoms with Gasteiger partial charge in [0, 0.05) is 5.70 Å². The van der Waals surface area contributed by atoms with Crippen molar-refractivity contribution in [2.45, 2.75) is 13.8 Å². The highest BCUT2D eigenvalue weighted by molar-refractivity contribution is 5.90. The molecule has 0 saturated heterocycles. The molecule has 0 aromatic rings. The molecule has 0 spiro atoms. The molecular weight excluding hydrogens is 154 g/mol. The molecule has 0 saturated carbocycles. The summed E-state index contributed by atoms with van der Waals surface area (Å²) in [5.74, 6) is -1.09. The zero-order valence-corrected chi connectivity index (χ0v) is 7.50. The van der Waals surface area contributed by atoms with E-state index in [2.05, 4.69) is 13.2 Å². The normalized spacial score (nSPS) is 10.2. The lowest BCUT2D eigenvalue weighted by Gasteiger charge is -1.95. The minimum Gasteiger partial charge on any atom is -0.478 e. The molecule has 0 atom stereocenters. The monoisotopic (exact) mass is 169 g/mol. The minimum absolute atomic E-state index is 0.0185. The Labute approximate surface area is 72.9 Å². The lowest BCUT2D eigenvalue weighted by molar-refractivity contribution is -0.132. The molecule has 0 aromatic carbocycles. The molecule has 0 aliphatic heterocycles. The van der Waals surface area contributed by atoms with E-state index in [1.54, 1.807) is 0 Å². The summed E-state index contributed by atoms with van der Waals surface area (Å²) in [6, 6.07) is 0. The van der Waals surface area contributed by atoms with E-state index < -0.39 is 5.97 Å². The van der Waals surface area contributed by atoms with Crippen molar-refractivity contribution in [3.05, 3.63) is 36.6 Å². The Balaban J connectivity index is 0. The molecule has 0 rings (SSSR count). The molecule has 12 heavy (non-hydrogen) atoms. The predicted octanol–water partition coefficient (Wildman–Crippen LogP) is 1.68. The number of allylic oxidation sites excluding steroid dienone is 1. The van der Waals surface area contributed by atoms with Gasteiger partial charge in [0.25, 0.3) is 0 Å². The lowest BCUT2D eigenvalue weighted by atomic mass is 10.2. The van der Waals surface area contributed by atoms with E-state index >= 15 is 0 Å². The van der Waals surface area contributed by atoms with Gasteiger partial charge in [-0.3, -0.25) is 0 Å². The van der Waals surface area contributed by atoms with Gasteiger partial charge >= 0.3 is 5.97 Å². The first-order valence-electron chi connectivity index (χ1n) is 3.61. The van der Waals surface area contributed by atoms with Crippen LogP contribution in [0.2, 0.25) is 0 Å². The van der Waals surface area contributed by atoms with E-state index in [0.29, 0.717) is 0 Å². The van der Waals surface area contributed by atoms with Gasteiger partial charge in [-0.2, -0.15) is 0 Å². The molecule has 3 N–H and O–H groups in total. The van der Waals surface area contributed by atoms with Gasteiger partial charge in [-0.15, -0.1) is 0 Å². The summed E-state index contributed by atoms with van der Waals surface area (Å²) >= 11 is 0. The van der Waals surface area contributed by atoms with Crippen LogP contribution in [0, 0.1) is 0 Å². The van der Waals surface area contributed by atoms with E-state index in [1.165, 1.54) is 12.2 Å². The zero-order chi connectivity index (χ0) is 10.1. The van der Waals surface area contributed by atoms with E-state index in [1.807, 2.05) is 13.8 Å². The fourth-order valence-corrected chi connectivity index (χ4v) is 0.439. The van der Waals surface area contributed by atoms with Gasteiger partial charge in [0.2, 0.25) is 0 Å². The van der Waals surface area contributed by atoms with E-state index in [4.69, 9.17) is 10.8 Å². The molecule has 3 heteroatoms. The van der Waals surface area contributed by atoms with Gasteiger partial charge < -0.3 is 10.8 Å². The summed E-state index contributed by atoms with van der Waals surface area (Å²) in [5, 5.41) is 8.42. The van der Waals surface area contributed by atoms with Crippen LogP contribution in [-0.4, -0.2) is 11.1 Å². The summed E-state index contributed by atoms with van der Waals surface area (Å²) in [7, 11) is 0. The Bertz CT molecular complexity index is 205. The lowest BCUT2D eigenvalue weighted by Crippen LogP contribution is -2.06. The summed E-state index contributed by atoms with van der Waals surface area (Å²) in [6.07, 6.45) is 2.45.